The third kappa shape index (κ3) is 27.9. The quantitative estimate of drug-likeness (QED) is 0.0695. The average Bonchev–Trinajstić information content (AvgIpc) is 1.64. The first-order chi connectivity index (χ1) is 40.1. The van der Waals surface area contributed by atoms with Crippen molar-refractivity contribution in [1.82, 2.24) is 88.2 Å². The Kier molecular flexibility index (Phi) is 50.9. The van der Waals surface area contributed by atoms with Gasteiger partial charge in [0, 0.05) is 117 Å². The van der Waals surface area contributed by atoms with Crippen LogP contribution in [-0.4, -0.2) is 115 Å². The van der Waals surface area contributed by atoms with Gasteiger partial charge in [0.2, 0.25) is 0 Å². The molecule has 556 valence electrons. The van der Waals surface area contributed by atoms with Gasteiger partial charge in [-0.25, -0.2) is 0 Å². The summed E-state index contributed by atoms with van der Waals surface area (Å²) >= 11 is 0. The van der Waals surface area contributed by atoms with Crippen LogP contribution in [-0.2, 0) is 164 Å². The van der Waals surface area contributed by atoms with Crippen LogP contribution >= 0.6 is 0 Å². The van der Waals surface area contributed by atoms with Gasteiger partial charge in [0.15, 0.2) is 0 Å². The van der Waals surface area contributed by atoms with E-state index in [0.29, 0.717) is 52.4 Å². The standard InChI is InChI=1S/2C28H37N9.2C4H8O.6Cu.6HI/c2*1-17-9-21(5)34(30-17)13-25-26(14-35-22(6)10-18(2)31-35)28(16-37-24(8)12-20(4)33-37)29-27(25)15-36-23(7)11-19(3)32-36;2*1-2-4-5-3-1;;;;;;;;;;;;/h2*9-12,29H,13-16H2,1-8H3;2*1-4H2;;;;;;;6*1H/q;;;;6*+1;;;;;;/p-6. The number of hydrogen-bond donors (Lipinski definition) is 2. The molecule has 0 atom stereocenters. The number of ether oxygens (including phenoxy) is 2. The molecule has 0 saturated carbocycles. The number of rotatable bonds is 16. The van der Waals surface area contributed by atoms with Gasteiger partial charge in [0.1, 0.15) is 0 Å². The van der Waals surface area contributed by atoms with Crippen LogP contribution < -0.4 is 144 Å². The van der Waals surface area contributed by atoms with Crippen LogP contribution in [0.15, 0.2) is 48.5 Å². The van der Waals surface area contributed by atoms with E-state index in [4.69, 9.17) is 50.3 Å². The van der Waals surface area contributed by atoms with E-state index in [9.17, 15) is 0 Å². The molecular formula is C64H90Cu6I6N18O2. The molecule has 10 aromatic rings. The molecule has 2 fully saturated rings. The molecule has 2 aliphatic rings. The van der Waals surface area contributed by atoms with Gasteiger partial charge in [-0.1, -0.05) is 0 Å². The summed E-state index contributed by atoms with van der Waals surface area (Å²) in [6, 6.07) is 17.0. The van der Waals surface area contributed by atoms with Crippen LogP contribution in [0, 0.1) is 111 Å². The molecule has 0 aliphatic carbocycles. The normalized spacial score (nSPS) is 11.5. The second-order valence-corrected chi connectivity index (χ2v) is 23.4. The Morgan fingerprint density at radius 3 is 0.490 bits per heavy atom. The summed E-state index contributed by atoms with van der Waals surface area (Å²) < 4.78 is 26.6. The van der Waals surface area contributed by atoms with Gasteiger partial charge in [0.05, 0.1) is 97.9 Å². The molecule has 10 aromatic heterocycles. The van der Waals surface area contributed by atoms with Crippen molar-refractivity contribution in [2.75, 3.05) is 26.4 Å². The molecule has 96 heavy (non-hydrogen) atoms. The molecule has 2 N–H and O–H groups in total. The third-order valence-corrected chi connectivity index (χ3v) is 15.7. The van der Waals surface area contributed by atoms with E-state index < -0.39 is 0 Å². The molecule has 0 bridgehead atoms. The number of aryl methyl sites for hydroxylation is 16. The molecule has 0 amide bonds. The molecule has 12 rings (SSSR count). The van der Waals surface area contributed by atoms with E-state index in [0.717, 1.165) is 140 Å². The van der Waals surface area contributed by atoms with Crippen molar-refractivity contribution in [2.45, 2.75) is 189 Å². The van der Waals surface area contributed by atoms with E-state index in [1.807, 2.05) is 55.4 Å². The van der Waals surface area contributed by atoms with Gasteiger partial charge in [-0.15, -0.1) is 0 Å². The minimum atomic E-state index is 0. The Morgan fingerprint density at radius 2 is 0.385 bits per heavy atom. The fourth-order valence-corrected chi connectivity index (χ4v) is 11.6. The Morgan fingerprint density at radius 1 is 0.250 bits per heavy atom. The Balaban J connectivity index is -0.000000690. The van der Waals surface area contributed by atoms with Gasteiger partial charge in [0.25, 0.3) is 0 Å². The molecule has 2 saturated heterocycles. The minimum Gasteiger partial charge on any atom is -1.00 e. The molecule has 0 spiro atoms. The SMILES string of the molecule is C1CCOC1.C1CCOC1.Cc1cc(C)n(Cc2[nH]c(Cn3nc(C)cc3C)c(Cn3nc(C)cc3C)c2Cn2nc(C)cc2C)n1.Cc1cc(C)n(Cc2[nH]c(Cn3nc(C)cc3C)c(Cn3nc(C)cc3C)c2Cn2nc(C)cc2C)n1.[Cu+].[Cu+].[Cu+].[Cu+].[Cu+].[Cu+].[I-].[I-].[I-].[I-].[I-].[I-]. The molecular weight excluding hydrogens is 2200 g/mol. The summed E-state index contributed by atoms with van der Waals surface area (Å²) in [7, 11) is 0. The zero-order valence-corrected chi connectivity index (χ0v) is 75.6. The predicted molar refractivity (Wildman–Crippen MR) is 328 cm³/mol. The fraction of sp³-hybridized carbons (Fsp3) is 0.500. The van der Waals surface area contributed by atoms with Gasteiger partial charge < -0.3 is 163 Å². The van der Waals surface area contributed by atoms with Crippen molar-refractivity contribution in [1.29, 1.82) is 0 Å². The summed E-state index contributed by atoms with van der Waals surface area (Å²) in [5, 5.41) is 38.2. The number of aromatic nitrogens is 18. The predicted octanol–water partition coefficient (Wildman–Crippen LogP) is -7.47. The van der Waals surface area contributed by atoms with Crippen molar-refractivity contribution in [3.8, 4) is 0 Å². The molecule has 0 unspecified atom stereocenters. The molecule has 32 heteroatoms. The fourth-order valence-electron chi connectivity index (χ4n) is 11.6. The van der Waals surface area contributed by atoms with E-state index in [1.165, 1.54) is 47.9 Å². The number of nitrogens with zero attached hydrogens (tertiary/aromatic N) is 16. The van der Waals surface area contributed by atoms with E-state index in [2.05, 4.69) is 151 Å². The summed E-state index contributed by atoms with van der Waals surface area (Å²) in [6.45, 7) is 42.6. The first-order valence-electron chi connectivity index (χ1n) is 29.8. The Labute approximate surface area is 734 Å². The zero-order chi connectivity index (χ0) is 59.9. The number of nitrogens with one attached hydrogen (secondary N) is 2. The van der Waals surface area contributed by atoms with Crippen LogP contribution in [0.4, 0.5) is 0 Å². The maximum absolute atomic E-state index is 4.94. The van der Waals surface area contributed by atoms with Crippen molar-refractivity contribution in [2.24, 2.45) is 0 Å². The third-order valence-electron chi connectivity index (χ3n) is 15.7. The largest absolute Gasteiger partial charge is 1.00 e. The zero-order valence-electron chi connectivity index (χ0n) is 57.0. The monoisotopic (exact) mass is 2280 g/mol. The number of H-pyrrole nitrogens is 2. The molecule has 2 aliphatic heterocycles. The number of aromatic amines is 2. The van der Waals surface area contributed by atoms with Crippen molar-refractivity contribution in [3.63, 3.8) is 0 Å². The maximum Gasteiger partial charge on any atom is 1.00 e. The van der Waals surface area contributed by atoms with Crippen LogP contribution in [0.5, 0.6) is 0 Å². The van der Waals surface area contributed by atoms with Gasteiger partial charge >= 0.3 is 102 Å². The minimum absolute atomic E-state index is 0. The van der Waals surface area contributed by atoms with Gasteiger partial charge in [-0.3, -0.25) is 37.5 Å². The first kappa shape index (κ1) is 102. The van der Waals surface area contributed by atoms with E-state index in [-0.39, 0.29) is 246 Å². The summed E-state index contributed by atoms with van der Waals surface area (Å²) in [5.41, 5.74) is 26.9. The van der Waals surface area contributed by atoms with Crippen molar-refractivity contribution >= 4 is 0 Å². The summed E-state index contributed by atoms with van der Waals surface area (Å²) in [4.78, 5) is 7.62. The smallest absolute Gasteiger partial charge is 1.00 e. The number of hydrogen-bond acceptors (Lipinski definition) is 10. The maximum atomic E-state index is 4.94. The van der Waals surface area contributed by atoms with Crippen LogP contribution in [0.2, 0.25) is 0 Å². The summed E-state index contributed by atoms with van der Waals surface area (Å²) in [5.74, 6) is 0. The van der Waals surface area contributed by atoms with Crippen molar-refractivity contribution in [3.05, 3.63) is 185 Å². The molecule has 0 radical (unpaired) electrons. The van der Waals surface area contributed by atoms with Crippen molar-refractivity contribution < 1.29 is 256 Å². The second kappa shape index (κ2) is 47.9. The molecule has 12 heterocycles. The van der Waals surface area contributed by atoms with E-state index >= 15 is 0 Å². The topological polar surface area (TPSA) is 193 Å². The molecule has 0 aromatic carbocycles. The first-order valence-corrected chi connectivity index (χ1v) is 29.8. The van der Waals surface area contributed by atoms with Gasteiger partial charge in [-0.05, 0) is 185 Å². The van der Waals surface area contributed by atoms with Crippen LogP contribution in [0.3, 0.4) is 0 Å². The average molecular weight is 2290 g/mol. The number of halogens is 6. The Bertz CT molecular complexity index is 3370. The summed E-state index contributed by atoms with van der Waals surface area (Å²) in [6.07, 6.45) is 5.11. The molecule has 20 nitrogen and oxygen atoms in total. The Hall–Kier alpha value is -0.343. The second-order valence-electron chi connectivity index (χ2n) is 23.4. The van der Waals surface area contributed by atoms with Crippen LogP contribution in [0.1, 0.15) is 162 Å². The van der Waals surface area contributed by atoms with Gasteiger partial charge in [-0.2, -0.15) is 40.8 Å². The van der Waals surface area contributed by atoms with Crippen LogP contribution in [0.25, 0.3) is 0 Å². The van der Waals surface area contributed by atoms with E-state index in [1.54, 1.807) is 0 Å².